The first-order valence-electron chi connectivity index (χ1n) is 5.15. The Labute approximate surface area is 97.6 Å². The summed E-state index contributed by atoms with van der Waals surface area (Å²) >= 11 is 0. The fourth-order valence-corrected chi connectivity index (χ4v) is 1.27. The molecule has 2 rings (SSSR count). The second-order valence-electron chi connectivity index (χ2n) is 3.31. The zero-order valence-corrected chi connectivity index (χ0v) is 9.51. The lowest BCUT2D eigenvalue weighted by atomic mass is 10.3. The Bertz CT molecular complexity index is 536. The molecule has 0 aliphatic heterocycles. The van der Waals surface area contributed by atoms with Crippen LogP contribution in [0.2, 0.25) is 0 Å². The molecule has 0 fully saturated rings. The first kappa shape index (κ1) is 11.3. The van der Waals surface area contributed by atoms with Gasteiger partial charge in [-0.2, -0.15) is 4.98 Å². The molecule has 88 valence electrons. The summed E-state index contributed by atoms with van der Waals surface area (Å²) in [5.74, 6) is -0.513. The average molecular weight is 233 g/mol. The van der Waals surface area contributed by atoms with Crippen LogP contribution >= 0.6 is 0 Å². The zero-order chi connectivity index (χ0) is 12.3. The van der Waals surface area contributed by atoms with Crippen LogP contribution in [0.15, 0.2) is 22.7 Å². The summed E-state index contributed by atoms with van der Waals surface area (Å²) in [7, 11) is 0. The van der Waals surface area contributed by atoms with Gasteiger partial charge in [-0.25, -0.2) is 9.78 Å². The summed E-state index contributed by atoms with van der Waals surface area (Å²) in [6, 6.07) is 5.43. The van der Waals surface area contributed by atoms with Gasteiger partial charge in [0.1, 0.15) is 5.69 Å². The molecule has 0 amide bonds. The molecule has 17 heavy (non-hydrogen) atoms. The second kappa shape index (κ2) is 4.73. The van der Waals surface area contributed by atoms with E-state index >= 15 is 0 Å². The Morgan fingerprint density at radius 2 is 2.24 bits per heavy atom. The number of carbonyl (C=O) groups excluding carboxylic acids is 1. The minimum Gasteiger partial charge on any atom is -0.459 e. The van der Waals surface area contributed by atoms with Crippen molar-refractivity contribution >= 4 is 5.97 Å². The molecule has 6 heteroatoms. The molecule has 0 radical (unpaired) electrons. The molecule has 0 spiro atoms. The molecule has 2 heterocycles. The number of nitrogens with zero attached hydrogens (tertiary/aromatic N) is 3. The summed E-state index contributed by atoms with van der Waals surface area (Å²) in [5, 5.41) is 3.68. The van der Waals surface area contributed by atoms with Gasteiger partial charge in [-0.15, -0.1) is 0 Å². The fourth-order valence-electron chi connectivity index (χ4n) is 1.27. The van der Waals surface area contributed by atoms with Crippen LogP contribution in [0.25, 0.3) is 11.5 Å². The van der Waals surface area contributed by atoms with E-state index < -0.39 is 5.97 Å². The van der Waals surface area contributed by atoms with E-state index in [-0.39, 0.29) is 18.3 Å². The normalized spacial score (nSPS) is 10.2. The third kappa shape index (κ3) is 2.47. The van der Waals surface area contributed by atoms with Gasteiger partial charge >= 0.3 is 11.9 Å². The molecule has 2 aromatic rings. The van der Waals surface area contributed by atoms with Crippen LogP contribution < -0.4 is 0 Å². The van der Waals surface area contributed by atoms with Crippen LogP contribution in [0.4, 0.5) is 0 Å². The van der Waals surface area contributed by atoms with Gasteiger partial charge in [0.25, 0.3) is 0 Å². The first-order valence-corrected chi connectivity index (χ1v) is 5.15. The third-order valence-corrected chi connectivity index (χ3v) is 1.99. The molecule has 0 saturated heterocycles. The lowest BCUT2D eigenvalue weighted by molar-refractivity contribution is 0.0470. The predicted molar refractivity (Wildman–Crippen MR) is 58.2 cm³/mol. The van der Waals surface area contributed by atoms with E-state index in [0.717, 1.165) is 5.69 Å². The lowest BCUT2D eigenvalue weighted by Gasteiger charge is -1.95. The summed E-state index contributed by atoms with van der Waals surface area (Å²) in [4.78, 5) is 19.5. The van der Waals surface area contributed by atoms with Crippen molar-refractivity contribution in [2.24, 2.45) is 0 Å². The zero-order valence-electron chi connectivity index (χ0n) is 9.51. The second-order valence-corrected chi connectivity index (χ2v) is 3.31. The van der Waals surface area contributed by atoms with Gasteiger partial charge in [-0.05, 0) is 26.0 Å². The summed E-state index contributed by atoms with van der Waals surface area (Å²) in [6.07, 6.45) is 0. The summed E-state index contributed by atoms with van der Waals surface area (Å²) < 4.78 is 9.54. The Kier molecular flexibility index (Phi) is 3.13. The topological polar surface area (TPSA) is 78.1 Å². The number of hydrogen-bond donors (Lipinski definition) is 0. The fraction of sp³-hybridized carbons (Fsp3) is 0.273. The number of aromatic nitrogens is 3. The maximum atomic E-state index is 11.3. The Morgan fingerprint density at radius 1 is 1.41 bits per heavy atom. The summed E-state index contributed by atoms with van der Waals surface area (Å²) in [5.41, 5.74) is 1.40. The Morgan fingerprint density at radius 3 is 2.94 bits per heavy atom. The molecule has 6 nitrogen and oxygen atoms in total. The van der Waals surface area contributed by atoms with Gasteiger partial charge in [0.15, 0.2) is 0 Å². The van der Waals surface area contributed by atoms with Crippen LogP contribution in [0, 0.1) is 6.92 Å². The van der Waals surface area contributed by atoms with Crippen molar-refractivity contribution in [2.75, 3.05) is 6.61 Å². The van der Waals surface area contributed by atoms with Crippen LogP contribution in [0.3, 0.4) is 0 Å². The number of carbonyl (C=O) groups is 1. The highest BCUT2D eigenvalue weighted by Gasteiger charge is 2.17. The quantitative estimate of drug-likeness (QED) is 0.749. The maximum Gasteiger partial charge on any atom is 0.397 e. The predicted octanol–water partition coefficient (Wildman–Crippen LogP) is 1.62. The number of pyridine rings is 1. The summed E-state index contributed by atoms with van der Waals surface area (Å²) in [6.45, 7) is 3.83. The van der Waals surface area contributed by atoms with E-state index in [2.05, 4.69) is 15.1 Å². The van der Waals surface area contributed by atoms with Crippen LogP contribution in [-0.4, -0.2) is 27.7 Å². The van der Waals surface area contributed by atoms with E-state index in [1.54, 1.807) is 13.0 Å². The van der Waals surface area contributed by atoms with Gasteiger partial charge in [0.05, 0.1) is 6.61 Å². The van der Waals surface area contributed by atoms with Crippen molar-refractivity contribution < 1.29 is 14.1 Å². The van der Waals surface area contributed by atoms with Crippen molar-refractivity contribution in [2.45, 2.75) is 13.8 Å². The van der Waals surface area contributed by atoms with Crippen LogP contribution in [0.1, 0.15) is 23.3 Å². The van der Waals surface area contributed by atoms with Gasteiger partial charge in [0, 0.05) is 5.69 Å². The van der Waals surface area contributed by atoms with E-state index in [4.69, 9.17) is 9.26 Å². The van der Waals surface area contributed by atoms with Gasteiger partial charge in [0.2, 0.25) is 5.82 Å². The highest BCUT2D eigenvalue weighted by atomic mass is 16.6. The minimum absolute atomic E-state index is 0.162. The van der Waals surface area contributed by atoms with Gasteiger partial charge in [-0.3, -0.25) is 0 Å². The lowest BCUT2D eigenvalue weighted by Crippen LogP contribution is -2.04. The monoisotopic (exact) mass is 233 g/mol. The molecule has 0 aliphatic carbocycles. The molecule has 0 N–H and O–H groups in total. The van der Waals surface area contributed by atoms with Gasteiger partial charge in [-0.1, -0.05) is 11.2 Å². The van der Waals surface area contributed by atoms with E-state index in [9.17, 15) is 4.79 Å². The van der Waals surface area contributed by atoms with Crippen molar-refractivity contribution in [1.29, 1.82) is 0 Å². The molecule has 0 saturated carbocycles. The highest BCUT2D eigenvalue weighted by Crippen LogP contribution is 2.13. The van der Waals surface area contributed by atoms with Crippen molar-refractivity contribution in [3.05, 3.63) is 29.8 Å². The number of rotatable bonds is 3. The largest absolute Gasteiger partial charge is 0.459 e. The Hall–Kier alpha value is -2.24. The maximum absolute atomic E-state index is 11.3. The van der Waals surface area contributed by atoms with Crippen molar-refractivity contribution in [1.82, 2.24) is 15.1 Å². The third-order valence-electron chi connectivity index (χ3n) is 1.99. The van der Waals surface area contributed by atoms with Gasteiger partial charge < -0.3 is 9.26 Å². The number of esters is 1. The minimum atomic E-state index is -0.626. The molecule has 0 bridgehead atoms. The van der Waals surface area contributed by atoms with E-state index in [1.807, 2.05) is 19.1 Å². The average Bonchev–Trinajstić information content (AvgIpc) is 2.78. The Balaban J connectivity index is 2.27. The van der Waals surface area contributed by atoms with Crippen molar-refractivity contribution in [3.8, 4) is 11.5 Å². The van der Waals surface area contributed by atoms with Crippen molar-refractivity contribution in [3.63, 3.8) is 0 Å². The smallest absolute Gasteiger partial charge is 0.397 e. The molecule has 0 aliphatic rings. The van der Waals surface area contributed by atoms with Crippen LogP contribution in [-0.2, 0) is 4.74 Å². The molecule has 0 atom stereocenters. The van der Waals surface area contributed by atoms with E-state index in [1.165, 1.54) is 0 Å². The molecule has 2 aromatic heterocycles. The molecule has 0 unspecified atom stereocenters. The standard InChI is InChI=1S/C11H11N3O3/c1-3-16-11(15)10-13-9(14-17-10)8-6-4-5-7(2)12-8/h4-6H,3H2,1-2H3. The SMILES string of the molecule is CCOC(=O)c1nc(-c2cccc(C)n2)no1. The van der Waals surface area contributed by atoms with E-state index in [0.29, 0.717) is 5.69 Å². The molecular weight excluding hydrogens is 222 g/mol. The molecular formula is C11H11N3O3. The number of ether oxygens (including phenoxy) is 1. The molecule has 0 aromatic carbocycles. The number of hydrogen-bond acceptors (Lipinski definition) is 6. The highest BCUT2D eigenvalue weighted by molar-refractivity contribution is 5.84. The number of aryl methyl sites for hydroxylation is 1. The first-order chi connectivity index (χ1) is 8.20. The van der Waals surface area contributed by atoms with Crippen LogP contribution in [0.5, 0.6) is 0 Å².